The molecule has 1 unspecified atom stereocenters. The molecule has 1 rings (SSSR count). The van der Waals surface area contributed by atoms with Gasteiger partial charge in [0.2, 0.25) is 5.91 Å². The van der Waals surface area contributed by atoms with Crippen molar-refractivity contribution in [3.8, 4) is 0 Å². The lowest BCUT2D eigenvalue weighted by Crippen LogP contribution is -2.36. The first-order chi connectivity index (χ1) is 6.06. The summed E-state index contributed by atoms with van der Waals surface area (Å²) in [7, 11) is 0. The van der Waals surface area contributed by atoms with Gasteiger partial charge in [0.05, 0.1) is 6.10 Å². The first-order valence-corrected chi connectivity index (χ1v) is 4.33. The van der Waals surface area contributed by atoms with Crippen molar-refractivity contribution in [1.82, 2.24) is 9.80 Å². The highest BCUT2D eigenvalue weighted by Gasteiger charge is 2.34. The van der Waals surface area contributed by atoms with Crippen LogP contribution in [0.15, 0.2) is 0 Å². The highest BCUT2D eigenvalue weighted by atomic mass is 16.3. The number of imide groups is 1. The van der Waals surface area contributed by atoms with Crippen molar-refractivity contribution >= 4 is 11.9 Å². The number of aliphatic hydroxyl groups is 1. The van der Waals surface area contributed by atoms with Crippen molar-refractivity contribution in [3.63, 3.8) is 0 Å². The zero-order valence-electron chi connectivity index (χ0n) is 7.86. The molecular formula is C8H14N2O3. The summed E-state index contributed by atoms with van der Waals surface area (Å²) >= 11 is 0. The molecule has 1 heterocycles. The number of carbonyl (C=O) groups is 2. The molecule has 0 bridgehead atoms. The summed E-state index contributed by atoms with van der Waals surface area (Å²) in [5, 5.41) is 9.05. The Balaban J connectivity index is 2.62. The molecule has 1 N–H and O–H groups in total. The molecule has 0 radical (unpaired) electrons. The topological polar surface area (TPSA) is 60.9 Å². The van der Waals surface area contributed by atoms with Crippen molar-refractivity contribution in [1.29, 1.82) is 0 Å². The molecule has 1 aliphatic rings. The summed E-state index contributed by atoms with van der Waals surface area (Å²) in [6, 6.07) is -0.298. The molecule has 1 atom stereocenters. The summed E-state index contributed by atoms with van der Waals surface area (Å²) in [5.74, 6) is -0.187. The van der Waals surface area contributed by atoms with Crippen molar-refractivity contribution < 1.29 is 14.7 Å². The first kappa shape index (κ1) is 9.98. The lowest BCUT2D eigenvalue weighted by molar-refractivity contribution is -0.125. The Morgan fingerprint density at radius 2 is 2.15 bits per heavy atom. The molecule has 13 heavy (non-hydrogen) atoms. The average Bonchev–Trinajstić information content (AvgIpc) is 2.26. The van der Waals surface area contributed by atoms with E-state index in [4.69, 9.17) is 5.11 Å². The SMILES string of the molecule is CCN1C(=O)CN(CC(C)O)C1=O. The number of hydrogen-bond acceptors (Lipinski definition) is 3. The van der Waals surface area contributed by atoms with E-state index < -0.39 is 6.10 Å². The fourth-order valence-corrected chi connectivity index (χ4v) is 1.37. The number of β-amino-alcohol motifs (C(OH)–C–C–N with tert-alkyl or cyclic N) is 1. The van der Waals surface area contributed by atoms with Crippen LogP contribution < -0.4 is 0 Å². The normalized spacial score (nSPS) is 19.9. The monoisotopic (exact) mass is 186 g/mol. The van der Waals surface area contributed by atoms with Crippen LogP contribution in [-0.4, -0.2) is 52.6 Å². The van der Waals surface area contributed by atoms with E-state index in [-0.39, 0.29) is 25.0 Å². The third-order valence-electron chi connectivity index (χ3n) is 1.93. The molecule has 1 aliphatic heterocycles. The number of nitrogens with zero attached hydrogens (tertiary/aromatic N) is 2. The summed E-state index contributed by atoms with van der Waals surface area (Å²) < 4.78 is 0. The van der Waals surface area contributed by atoms with Gasteiger partial charge in [-0.15, -0.1) is 0 Å². The van der Waals surface area contributed by atoms with Gasteiger partial charge < -0.3 is 10.0 Å². The minimum atomic E-state index is -0.589. The quantitative estimate of drug-likeness (QED) is 0.613. The number of urea groups is 1. The van der Waals surface area contributed by atoms with Gasteiger partial charge in [0.1, 0.15) is 6.54 Å². The molecule has 0 spiro atoms. The van der Waals surface area contributed by atoms with E-state index in [0.29, 0.717) is 6.54 Å². The van der Waals surface area contributed by atoms with Gasteiger partial charge in [0.25, 0.3) is 0 Å². The zero-order chi connectivity index (χ0) is 10.0. The fourth-order valence-electron chi connectivity index (χ4n) is 1.37. The Bertz CT molecular complexity index is 227. The second kappa shape index (κ2) is 3.74. The van der Waals surface area contributed by atoms with Gasteiger partial charge in [0, 0.05) is 13.1 Å². The standard InChI is InChI=1S/C8H14N2O3/c1-3-10-7(12)5-9(8(10)13)4-6(2)11/h6,11H,3-5H2,1-2H3. The van der Waals surface area contributed by atoms with Gasteiger partial charge in [-0.1, -0.05) is 0 Å². The third kappa shape index (κ3) is 1.98. The summed E-state index contributed by atoms with van der Waals surface area (Å²) in [5.41, 5.74) is 0. The molecule has 0 aromatic heterocycles. The molecule has 5 nitrogen and oxygen atoms in total. The van der Waals surface area contributed by atoms with Crippen LogP contribution in [0.4, 0.5) is 4.79 Å². The van der Waals surface area contributed by atoms with Crippen LogP contribution in [0.2, 0.25) is 0 Å². The van der Waals surface area contributed by atoms with Crippen molar-refractivity contribution in [2.45, 2.75) is 20.0 Å². The third-order valence-corrected chi connectivity index (χ3v) is 1.93. The van der Waals surface area contributed by atoms with Crippen LogP contribution in [0.3, 0.4) is 0 Å². The number of rotatable bonds is 3. The lowest BCUT2D eigenvalue weighted by Gasteiger charge is -2.16. The molecule has 0 aliphatic carbocycles. The van der Waals surface area contributed by atoms with Gasteiger partial charge >= 0.3 is 6.03 Å². The van der Waals surface area contributed by atoms with E-state index in [0.717, 1.165) is 0 Å². The van der Waals surface area contributed by atoms with E-state index in [2.05, 4.69) is 0 Å². The fraction of sp³-hybridized carbons (Fsp3) is 0.750. The second-order valence-electron chi connectivity index (χ2n) is 3.15. The van der Waals surface area contributed by atoms with Gasteiger partial charge in [0.15, 0.2) is 0 Å². The largest absolute Gasteiger partial charge is 0.392 e. The molecule has 74 valence electrons. The molecule has 0 aromatic rings. The number of carbonyl (C=O) groups excluding carboxylic acids is 2. The number of amides is 3. The van der Waals surface area contributed by atoms with Gasteiger partial charge in [-0.25, -0.2) is 4.79 Å². The van der Waals surface area contributed by atoms with Gasteiger partial charge in [-0.3, -0.25) is 9.69 Å². The number of aliphatic hydroxyl groups excluding tert-OH is 1. The second-order valence-corrected chi connectivity index (χ2v) is 3.15. The van der Waals surface area contributed by atoms with E-state index in [1.54, 1.807) is 13.8 Å². The minimum Gasteiger partial charge on any atom is -0.392 e. The Morgan fingerprint density at radius 1 is 1.54 bits per heavy atom. The van der Waals surface area contributed by atoms with Crippen LogP contribution in [0.5, 0.6) is 0 Å². The Kier molecular flexibility index (Phi) is 2.87. The summed E-state index contributed by atoms with van der Waals surface area (Å²) in [6.45, 7) is 4.06. The maximum Gasteiger partial charge on any atom is 0.327 e. The predicted octanol–water partition coefficient (Wildman–Crippen LogP) is -0.349. The molecule has 1 saturated heterocycles. The van der Waals surface area contributed by atoms with E-state index in [1.165, 1.54) is 9.80 Å². The van der Waals surface area contributed by atoms with Crippen LogP contribution in [-0.2, 0) is 4.79 Å². The van der Waals surface area contributed by atoms with Crippen molar-refractivity contribution in [3.05, 3.63) is 0 Å². The highest BCUT2D eigenvalue weighted by molar-refractivity contribution is 6.01. The van der Waals surface area contributed by atoms with E-state index in [9.17, 15) is 9.59 Å². The predicted molar refractivity (Wildman–Crippen MR) is 46.0 cm³/mol. The maximum absolute atomic E-state index is 11.4. The summed E-state index contributed by atoms with van der Waals surface area (Å²) in [6.07, 6.45) is -0.589. The Morgan fingerprint density at radius 3 is 2.54 bits per heavy atom. The van der Waals surface area contributed by atoms with Gasteiger partial charge in [-0.2, -0.15) is 0 Å². The Hall–Kier alpha value is -1.10. The number of likely N-dealkylation sites (N-methyl/N-ethyl adjacent to an activating group) is 1. The van der Waals surface area contributed by atoms with Crippen molar-refractivity contribution in [2.24, 2.45) is 0 Å². The van der Waals surface area contributed by atoms with Crippen LogP contribution in [0, 0.1) is 0 Å². The van der Waals surface area contributed by atoms with Crippen molar-refractivity contribution in [2.75, 3.05) is 19.6 Å². The Labute approximate surface area is 76.9 Å². The molecule has 0 aromatic carbocycles. The molecule has 1 fully saturated rings. The zero-order valence-corrected chi connectivity index (χ0v) is 7.86. The summed E-state index contributed by atoms with van der Waals surface area (Å²) in [4.78, 5) is 25.1. The molecule has 0 saturated carbocycles. The maximum atomic E-state index is 11.4. The minimum absolute atomic E-state index is 0.0948. The molecule has 3 amide bonds. The van der Waals surface area contributed by atoms with Crippen LogP contribution in [0.1, 0.15) is 13.8 Å². The first-order valence-electron chi connectivity index (χ1n) is 4.33. The average molecular weight is 186 g/mol. The highest BCUT2D eigenvalue weighted by Crippen LogP contribution is 2.09. The van der Waals surface area contributed by atoms with Crippen LogP contribution >= 0.6 is 0 Å². The van der Waals surface area contributed by atoms with Gasteiger partial charge in [-0.05, 0) is 13.8 Å². The lowest BCUT2D eigenvalue weighted by atomic mass is 10.4. The van der Waals surface area contributed by atoms with Crippen LogP contribution in [0.25, 0.3) is 0 Å². The van der Waals surface area contributed by atoms with E-state index >= 15 is 0 Å². The van der Waals surface area contributed by atoms with E-state index in [1.807, 2.05) is 0 Å². The number of hydrogen-bond donors (Lipinski definition) is 1. The molecule has 5 heteroatoms. The smallest absolute Gasteiger partial charge is 0.327 e. The molecular weight excluding hydrogens is 172 g/mol.